The normalized spacial score (nSPS) is 11.4. The van der Waals surface area contributed by atoms with Gasteiger partial charge in [0.05, 0.1) is 23.2 Å². The molecule has 0 saturated carbocycles. The molecule has 4 nitrogen and oxygen atoms in total. The Labute approximate surface area is 173 Å². The molecule has 140 valence electrons. The lowest BCUT2D eigenvalue weighted by Gasteiger charge is -2.15. The van der Waals surface area contributed by atoms with Gasteiger partial charge in [0.1, 0.15) is 11.8 Å². The van der Waals surface area contributed by atoms with Gasteiger partial charge in [-0.2, -0.15) is 5.26 Å². The molecule has 3 aromatic rings. The number of carbonyl (C=O) groups is 1. The van der Waals surface area contributed by atoms with E-state index in [0.29, 0.717) is 21.9 Å². The summed E-state index contributed by atoms with van der Waals surface area (Å²) in [6.45, 7) is 0. The number of ether oxygens (including phenoxy) is 1. The van der Waals surface area contributed by atoms with Gasteiger partial charge in [0.15, 0.2) is 0 Å². The van der Waals surface area contributed by atoms with Crippen molar-refractivity contribution < 1.29 is 9.53 Å². The molecule has 1 atom stereocenters. The molecule has 1 amide bonds. The monoisotopic (exact) mass is 410 g/mol. The minimum absolute atomic E-state index is 0.246. The highest BCUT2D eigenvalue weighted by Crippen LogP contribution is 2.32. The fourth-order valence-corrected chi connectivity index (χ4v) is 3.25. The van der Waals surface area contributed by atoms with E-state index in [1.807, 2.05) is 30.3 Å². The minimum Gasteiger partial charge on any atom is -0.496 e. The van der Waals surface area contributed by atoms with E-state index in [4.69, 9.17) is 27.9 Å². The average Bonchev–Trinajstić information content (AvgIpc) is 2.74. The molecule has 0 aliphatic carbocycles. The third-order valence-corrected chi connectivity index (χ3v) is 5.08. The molecule has 0 spiro atoms. The van der Waals surface area contributed by atoms with Crippen molar-refractivity contribution in [3.05, 3.63) is 87.9 Å². The smallest absolute Gasteiger partial charge is 0.252 e. The third-order valence-electron chi connectivity index (χ3n) is 4.24. The van der Waals surface area contributed by atoms with Crippen LogP contribution in [0.2, 0.25) is 10.0 Å². The zero-order valence-electron chi connectivity index (χ0n) is 14.9. The van der Waals surface area contributed by atoms with E-state index in [1.54, 1.807) is 43.5 Å². The molecule has 0 heterocycles. The predicted octanol–water partition coefficient (Wildman–Crippen LogP) is 5.66. The van der Waals surface area contributed by atoms with Gasteiger partial charge in [-0.25, -0.2) is 0 Å². The van der Waals surface area contributed by atoms with Crippen LogP contribution in [0.15, 0.2) is 66.7 Å². The zero-order valence-corrected chi connectivity index (χ0v) is 16.5. The zero-order chi connectivity index (χ0) is 20.1. The minimum atomic E-state index is -0.930. The number of nitrogens with one attached hydrogen (secondary N) is 1. The molecule has 0 radical (unpaired) electrons. The predicted molar refractivity (Wildman–Crippen MR) is 111 cm³/mol. The molecule has 0 bridgehead atoms. The van der Waals surface area contributed by atoms with E-state index in [2.05, 4.69) is 11.4 Å². The van der Waals surface area contributed by atoms with E-state index < -0.39 is 11.9 Å². The maximum absolute atomic E-state index is 12.8. The Kier molecular flexibility index (Phi) is 6.20. The number of benzene rings is 3. The van der Waals surface area contributed by atoms with Crippen LogP contribution in [-0.4, -0.2) is 13.0 Å². The number of amides is 1. The fraction of sp³-hybridized carbons (Fsp3) is 0.0909. The third kappa shape index (κ3) is 4.12. The van der Waals surface area contributed by atoms with E-state index >= 15 is 0 Å². The highest BCUT2D eigenvalue weighted by atomic mass is 35.5. The number of hydrogen-bond acceptors (Lipinski definition) is 3. The number of rotatable bonds is 5. The summed E-state index contributed by atoms with van der Waals surface area (Å²) in [5.74, 6) is 0.250. The van der Waals surface area contributed by atoms with Gasteiger partial charge in [-0.15, -0.1) is 0 Å². The van der Waals surface area contributed by atoms with E-state index in [-0.39, 0.29) is 5.02 Å². The molecule has 0 aromatic heterocycles. The summed E-state index contributed by atoms with van der Waals surface area (Å²) in [6, 6.07) is 20.8. The number of hydrogen-bond donors (Lipinski definition) is 1. The molecule has 0 aliphatic rings. The van der Waals surface area contributed by atoms with Gasteiger partial charge in [-0.1, -0.05) is 65.7 Å². The summed E-state index contributed by atoms with van der Waals surface area (Å²) in [5.41, 5.74) is 2.55. The number of nitriles is 1. The lowest BCUT2D eigenvalue weighted by molar-refractivity contribution is 0.0945. The lowest BCUT2D eigenvalue weighted by Crippen LogP contribution is -2.27. The van der Waals surface area contributed by atoms with Crippen molar-refractivity contribution in [2.45, 2.75) is 6.04 Å². The lowest BCUT2D eigenvalue weighted by atomic mass is 10.0. The van der Waals surface area contributed by atoms with Crippen LogP contribution in [0.5, 0.6) is 5.75 Å². The summed E-state index contributed by atoms with van der Waals surface area (Å²) in [7, 11) is 1.58. The van der Waals surface area contributed by atoms with Gasteiger partial charge in [0, 0.05) is 16.7 Å². The number of methoxy groups -OCH3 is 1. The number of halogens is 2. The van der Waals surface area contributed by atoms with Gasteiger partial charge in [0.2, 0.25) is 0 Å². The van der Waals surface area contributed by atoms with Crippen molar-refractivity contribution in [3.8, 4) is 22.9 Å². The summed E-state index contributed by atoms with van der Waals surface area (Å²) < 4.78 is 5.42. The van der Waals surface area contributed by atoms with E-state index in [0.717, 1.165) is 11.1 Å². The number of nitrogens with zero attached hydrogens (tertiary/aromatic N) is 1. The van der Waals surface area contributed by atoms with Crippen molar-refractivity contribution in [2.24, 2.45) is 0 Å². The van der Waals surface area contributed by atoms with Crippen LogP contribution in [0.3, 0.4) is 0 Å². The van der Waals surface area contributed by atoms with Crippen LogP contribution in [-0.2, 0) is 0 Å². The summed E-state index contributed by atoms with van der Waals surface area (Å²) >= 11 is 12.2. The molecule has 28 heavy (non-hydrogen) atoms. The quantitative estimate of drug-likeness (QED) is 0.589. The first-order valence-electron chi connectivity index (χ1n) is 8.43. The first kappa shape index (κ1) is 19.8. The maximum Gasteiger partial charge on any atom is 0.252 e. The van der Waals surface area contributed by atoms with Crippen LogP contribution in [0, 0.1) is 11.3 Å². The molecular weight excluding hydrogens is 395 g/mol. The Morgan fingerprint density at radius 1 is 1.07 bits per heavy atom. The second kappa shape index (κ2) is 8.79. The van der Waals surface area contributed by atoms with Gasteiger partial charge >= 0.3 is 0 Å². The van der Waals surface area contributed by atoms with Gasteiger partial charge in [-0.05, 0) is 29.8 Å². The van der Waals surface area contributed by atoms with Crippen LogP contribution in [0.25, 0.3) is 11.1 Å². The summed E-state index contributed by atoms with van der Waals surface area (Å²) in [5, 5.41) is 12.8. The molecule has 0 fully saturated rings. The molecule has 0 saturated heterocycles. The highest BCUT2D eigenvalue weighted by Gasteiger charge is 2.20. The molecule has 3 aromatic carbocycles. The maximum atomic E-state index is 12.8. The molecule has 1 N–H and O–H groups in total. The first-order valence-corrected chi connectivity index (χ1v) is 9.18. The Morgan fingerprint density at radius 2 is 1.82 bits per heavy atom. The molecule has 0 aliphatic heterocycles. The van der Waals surface area contributed by atoms with Crippen LogP contribution >= 0.6 is 23.2 Å². The Morgan fingerprint density at radius 3 is 2.50 bits per heavy atom. The van der Waals surface area contributed by atoms with Crippen molar-refractivity contribution in [1.82, 2.24) is 5.32 Å². The van der Waals surface area contributed by atoms with Crippen molar-refractivity contribution in [3.63, 3.8) is 0 Å². The van der Waals surface area contributed by atoms with Crippen molar-refractivity contribution in [1.29, 1.82) is 5.26 Å². The topological polar surface area (TPSA) is 62.1 Å². The van der Waals surface area contributed by atoms with Crippen LogP contribution in [0.1, 0.15) is 22.0 Å². The van der Waals surface area contributed by atoms with E-state index in [9.17, 15) is 10.1 Å². The second-order valence-corrected chi connectivity index (χ2v) is 6.74. The average molecular weight is 411 g/mol. The summed E-state index contributed by atoms with van der Waals surface area (Å²) in [6.07, 6.45) is 0. The largest absolute Gasteiger partial charge is 0.496 e. The molecule has 6 heteroatoms. The fourth-order valence-electron chi connectivity index (χ4n) is 2.83. The van der Waals surface area contributed by atoms with E-state index in [1.165, 1.54) is 0 Å². The highest BCUT2D eigenvalue weighted by molar-refractivity contribution is 6.42. The van der Waals surface area contributed by atoms with Gasteiger partial charge < -0.3 is 10.1 Å². The van der Waals surface area contributed by atoms with Gasteiger partial charge in [0.25, 0.3) is 5.91 Å². The Hall–Kier alpha value is -3.00. The Bertz CT molecular complexity index is 1050. The Balaban J connectivity index is 1.92. The van der Waals surface area contributed by atoms with Crippen LogP contribution in [0.4, 0.5) is 0 Å². The summed E-state index contributed by atoms with van der Waals surface area (Å²) in [4.78, 5) is 12.8. The standard InChI is InChI=1S/C22H16Cl2N2O2/c1-28-20-11-10-15(12-17(20)14-6-3-2-4-7-14)22(27)26-19(13-25)16-8-5-9-18(23)21(16)24/h2-12,19H,1H3,(H,26,27). The van der Waals surface area contributed by atoms with Gasteiger partial charge in [-0.3, -0.25) is 4.79 Å². The molecule has 3 rings (SSSR count). The van der Waals surface area contributed by atoms with Crippen molar-refractivity contribution in [2.75, 3.05) is 7.11 Å². The number of carbonyl (C=O) groups excluding carboxylic acids is 1. The SMILES string of the molecule is COc1ccc(C(=O)NC(C#N)c2cccc(Cl)c2Cl)cc1-c1ccccc1. The van der Waals surface area contributed by atoms with Crippen molar-refractivity contribution >= 4 is 29.1 Å². The molecular formula is C22H16Cl2N2O2. The second-order valence-electron chi connectivity index (χ2n) is 5.96. The molecule has 1 unspecified atom stereocenters. The van der Waals surface area contributed by atoms with Crippen LogP contribution < -0.4 is 10.1 Å². The first-order chi connectivity index (χ1) is 13.5.